The third kappa shape index (κ3) is 8.65. The van der Waals surface area contributed by atoms with Crippen molar-refractivity contribution < 1.29 is 14.5 Å². The molecule has 6 nitrogen and oxygen atoms in total. The summed E-state index contributed by atoms with van der Waals surface area (Å²) < 4.78 is 5.25. The first kappa shape index (κ1) is 21.7. The number of benzene rings is 1. The predicted molar refractivity (Wildman–Crippen MR) is 103 cm³/mol. The van der Waals surface area contributed by atoms with E-state index in [1.165, 1.54) is 31.7 Å². The number of amides is 1. The fourth-order valence-electron chi connectivity index (χ4n) is 2.75. The zero-order valence-electron chi connectivity index (χ0n) is 15.6. The summed E-state index contributed by atoms with van der Waals surface area (Å²) in [6.45, 7) is 5.90. The molecule has 1 amide bonds. The number of ether oxygens (including phenoxy) is 1. The maximum Gasteiger partial charge on any atom is 0.407 e. The van der Waals surface area contributed by atoms with Gasteiger partial charge in [-0.05, 0) is 32.3 Å². The SMILES string of the molecule is C=CCCCCCCCCCNC(=O)OC(C)c1ccccc1[N+](=O)[O-]. The van der Waals surface area contributed by atoms with E-state index >= 15 is 0 Å². The Bertz CT molecular complexity index is 575. The highest BCUT2D eigenvalue weighted by Gasteiger charge is 2.20. The first-order chi connectivity index (χ1) is 12.6. The lowest BCUT2D eigenvalue weighted by Gasteiger charge is -2.14. The monoisotopic (exact) mass is 362 g/mol. The molecular weight excluding hydrogens is 332 g/mol. The van der Waals surface area contributed by atoms with Gasteiger partial charge in [0.15, 0.2) is 0 Å². The lowest BCUT2D eigenvalue weighted by Crippen LogP contribution is -2.26. The van der Waals surface area contributed by atoms with Crippen LogP contribution in [0.1, 0.15) is 70.0 Å². The Morgan fingerprint density at radius 2 is 1.81 bits per heavy atom. The number of nitrogens with one attached hydrogen (secondary N) is 1. The zero-order valence-corrected chi connectivity index (χ0v) is 15.6. The minimum absolute atomic E-state index is 0.0408. The van der Waals surface area contributed by atoms with E-state index in [1.807, 2.05) is 6.08 Å². The predicted octanol–water partition coefficient (Wildman–Crippen LogP) is 5.69. The fraction of sp³-hybridized carbons (Fsp3) is 0.550. The standard InChI is InChI=1S/C20H30N2O4/c1-3-4-5-6-7-8-9-10-13-16-21-20(23)26-17(2)18-14-11-12-15-19(18)22(24)25/h3,11-12,14-15,17H,1,4-10,13,16H2,2H3,(H,21,23). The van der Waals surface area contributed by atoms with Crippen molar-refractivity contribution in [2.75, 3.05) is 6.54 Å². The Balaban J connectivity index is 2.17. The number of carbonyl (C=O) groups excluding carboxylic acids is 1. The van der Waals surface area contributed by atoms with Crippen LogP contribution in [-0.4, -0.2) is 17.6 Å². The molecule has 0 saturated carbocycles. The van der Waals surface area contributed by atoms with Crippen molar-refractivity contribution >= 4 is 11.8 Å². The van der Waals surface area contributed by atoms with Crippen molar-refractivity contribution in [1.29, 1.82) is 0 Å². The first-order valence-electron chi connectivity index (χ1n) is 9.35. The van der Waals surface area contributed by atoms with Gasteiger partial charge >= 0.3 is 6.09 Å². The number of nitro groups is 1. The summed E-state index contributed by atoms with van der Waals surface area (Å²) in [5.41, 5.74) is 0.352. The smallest absolute Gasteiger partial charge is 0.407 e. The highest BCUT2D eigenvalue weighted by Crippen LogP contribution is 2.26. The average Bonchev–Trinajstić information content (AvgIpc) is 2.63. The average molecular weight is 362 g/mol. The third-order valence-electron chi connectivity index (χ3n) is 4.21. The van der Waals surface area contributed by atoms with Gasteiger partial charge in [0.2, 0.25) is 0 Å². The second kappa shape index (κ2) is 12.9. The molecule has 0 aromatic heterocycles. The van der Waals surface area contributed by atoms with Gasteiger partial charge in [-0.25, -0.2) is 4.79 Å². The molecule has 6 heteroatoms. The van der Waals surface area contributed by atoms with Crippen LogP contribution >= 0.6 is 0 Å². The van der Waals surface area contributed by atoms with E-state index in [0.29, 0.717) is 12.1 Å². The van der Waals surface area contributed by atoms with Crippen LogP contribution in [0.4, 0.5) is 10.5 Å². The van der Waals surface area contributed by atoms with Crippen molar-refractivity contribution in [2.45, 2.75) is 64.4 Å². The number of rotatable bonds is 13. The van der Waals surface area contributed by atoms with E-state index < -0.39 is 17.1 Å². The largest absolute Gasteiger partial charge is 0.441 e. The molecule has 0 saturated heterocycles. The van der Waals surface area contributed by atoms with Crippen molar-refractivity contribution in [3.05, 3.63) is 52.6 Å². The summed E-state index contributed by atoms with van der Waals surface area (Å²) in [4.78, 5) is 22.4. The lowest BCUT2D eigenvalue weighted by atomic mass is 10.1. The van der Waals surface area contributed by atoms with E-state index in [0.717, 1.165) is 25.7 Å². The summed E-state index contributed by atoms with van der Waals surface area (Å²) in [7, 11) is 0. The first-order valence-corrected chi connectivity index (χ1v) is 9.35. The van der Waals surface area contributed by atoms with Crippen LogP contribution in [0.5, 0.6) is 0 Å². The number of hydrogen-bond acceptors (Lipinski definition) is 4. The number of alkyl carbamates (subject to hydrolysis) is 1. The number of para-hydroxylation sites is 1. The van der Waals surface area contributed by atoms with Gasteiger partial charge in [-0.2, -0.15) is 0 Å². The molecule has 1 rings (SSSR count). The Morgan fingerprint density at radius 1 is 1.19 bits per heavy atom. The van der Waals surface area contributed by atoms with Crippen molar-refractivity contribution in [3.8, 4) is 0 Å². The molecule has 1 aromatic rings. The highest BCUT2D eigenvalue weighted by molar-refractivity contribution is 5.67. The van der Waals surface area contributed by atoms with Gasteiger partial charge in [-0.15, -0.1) is 6.58 Å². The van der Waals surface area contributed by atoms with Gasteiger partial charge < -0.3 is 10.1 Å². The topological polar surface area (TPSA) is 81.5 Å². The molecule has 26 heavy (non-hydrogen) atoms. The molecule has 1 N–H and O–H groups in total. The Morgan fingerprint density at radius 3 is 2.46 bits per heavy atom. The van der Waals surface area contributed by atoms with Crippen molar-refractivity contribution in [3.63, 3.8) is 0 Å². The third-order valence-corrected chi connectivity index (χ3v) is 4.21. The summed E-state index contributed by atoms with van der Waals surface area (Å²) >= 11 is 0. The molecular formula is C20H30N2O4. The molecule has 0 fully saturated rings. The summed E-state index contributed by atoms with van der Waals surface area (Å²) in [5, 5.41) is 13.7. The van der Waals surface area contributed by atoms with Crippen molar-refractivity contribution in [2.24, 2.45) is 0 Å². The van der Waals surface area contributed by atoms with Crippen LogP contribution in [0.3, 0.4) is 0 Å². The minimum atomic E-state index is -0.674. The van der Waals surface area contributed by atoms with E-state index in [4.69, 9.17) is 4.74 Å². The number of nitro benzene ring substituents is 1. The molecule has 0 spiro atoms. The molecule has 0 radical (unpaired) electrons. The Hall–Kier alpha value is -2.37. The lowest BCUT2D eigenvalue weighted by molar-refractivity contribution is -0.386. The van der Waals surface area contributed by atoms with Gasteiger partial charge in [0, 0.05) is 12.6 Å². The zero-order chi connectivity index (χ0) is 19.2. The molecule has 0 heterocycles. The van der Waals surface area contributed by atoms with Gasteiger partial charge in [0.1, 0.15) is 6.10 Å². The normalized spacial score (nSPS) is 11.6. The highest BCUT2D eigenvalue weighted by atomic mass is 16.6. The second-order valence-electron chi connectivity index (χ2n) is 6.34. The van der Waals surface area contributed by atoms with Crippen LogP contribution in [-0.2, 0) is 4.74 Å². The number of carbonyl (C=O) groups is 1. The van der Waals surface area contributed by atoms with E-state index in [2.05, 4.69) is 11.9 Å². The molecule has 0 bridgehead atoms. The summed E-state index contributed by atoms with van der Waals surface area (Å²) in [5.74, 6) is 0. The van der Waals surface area contributed by atoms with E-state index in [9.17, 15) is 14.9 Å². The fourth-order valence-corrected chi connectivity index (χ4v) is 2.75. The maximum atomic E-state index is 11.8. The number of nitrogens with zero attached hydrogens (tertiary/aromatic N) is 1. The van der Waals surface area contributed by atoms with Gasteiger partial charge in [-0.1, -0.05) is 50.3 Å². The summed E-state index contributed by atoms with van der Waals surface area (Å²) in [6, 6.07) is 6.29. The van der Waals surface area contributed by atoms with Gasteiger partial charge in [-0.3, -0.25) is 10.1 Å². The van der Waals surface area contributed by atoms with Crippen LogP contribution < -0.4 is 5.32 Å². The number of hydrogen-bond donors (Lipinski definition) is 1. The quantitative estimate of drug-likeness (QED) is 0.211. The molecule has 144 valence electrons. The Labute approximate surface area is 155 Å². The van der Waals surface area contributed by atoms with Crippen LogP contribution in [0.2, 0.25) is 0 Å². The van der Waals surface area contributed by atoms with Crippen LogP contribution in [0, 0.1) is 10.1 Å². The second-order valence-corrected chi connectivity index (χ2v) is 6.34. The molecule has 1 aromatic carbocycles. The number of allylic oxidation sites excluding steroid dienone is 1. The molecule has 0 aliphatic heterocycles. The van der Waals surface area contributed by atoms with Gasteiger partial charge in [0.05, 0.1) is 10.5 Å². The molecule has 0 aliphatic carbocycles. The van der Waals surface area contributed by atoms with Crippen LogP contribution in [0.15, 0.2) is 36.9 Å². The van der Waals surface area contributed by atoms with E-state index in [1.54, 1.807) is 25.1 Å². The van der Waals surface area contributed by atoms with Gasteiger partial charge in [0.25, 0.3) is 5.69 Å². The molecule has 0 aliphatic rings. The van der Waals surface area contributed by atoms with Crippen LogP contribution in [0.25, 0.3) is 0 Å². The Kier molecular flexibility index (Phi) is 10.8. The summed E-state index contributed by atoms with van der Waals surface area (Å²) in [6.07, 6.45) is 9.91. The number of unbranched alkanes of at least 4 members (excludes halogenated alkanes) is 7. The molecule has 1 atom stereocenters. The maximum absolute atomic E-state index is 11.8. The molecule has 1 unspecified atom stereocenters. The van der Waals surface area contributed by atoms with E-state index in [-0.39, 0.29) is 5.69 Å². The van der Waals surface area contributed by atoms with Crippen molar-refractivity contribution in [1.82, 2.24) is 5.32 Å². The minimum Gasteiger partial charge on any atom is -0.441 e.